The zero-order valence-corrected chi connectivity index (χ0v) is 10.0. The van der Waals surface area contributed by atoms with Crippen molar-refractivity contribution < 1.29 is 17.6 Å². The summed E-state index contributed by atoms with van der Waals surface area (Å²) < 4.78 is 52.9. The van der Waals surface area contributed by atoms with E-state index in [1.54, 1.807) is 7.05 Å². The van der Waals surface area contributed by atoms with Gasteiger partial charge in [0.15, 0.2) is 0 Å². The van der Waals surface area contributed by atoms with Crippen molar-refractivity contribution in [1.82, 2.24) is 5.32 Å². The van der Waals surface area contributed by atoms with Gasteiger partial charge in [0, 0.05) is 30.5 Å². The van der Waals surface area contributed by atoms with E-state index >= 15 is 0 Å². The molecule has 0 heterocycles. The normalized spacial score (nSPS) is 24.2. The molecule has 1 aromatic carbocycles. The van der Waals surface area contributed by atoms with Gasteiger partial charge < -0.3 is 5.32 Å². The van der Waals surface area contributed by atoms with Crippen molar-refractivity contribution in [2.24, 2.45) is 5.92 Å². The molecule has 0 aromatic heterocycles. The van der Waals surface area contributed by atoms with E-state index in [1.165, 1.54) is 6.07 Å². The molecule has 0 bridgehead atoms. The number of hydrogen-bond donors (Lipinski definition) is 1. The van der Waals surface area contributed by atoms with E-state index < -0.39 is 23.6 Å². The van der Waals surface area contributed by atoms with Gasteiger partial charge in [-0.25, -0.2) is 17.6 Å². The highest BCUT2D eigenvalue weighted by Gasteiger charge is 2.42. The van der Waals surface area contributed by atoms with E-state index in [0.717, 1.165) is 12.1 Å². The highest BCUT2D eigenvalue weighted by molar-refractivity contribution is 5.23. The molecule has 1 saturated carbocycles. The van der Waals surface area contributed by atoms with Gasteiger partial charge in [-0.3, -0.25) is 0 Å². The summed E-state index contributed by atoms with van der Waals surface area (Å²) in [5.74, 6) is -4.35. The fourth-order valence-corrected chi connectivity index (χ4v) is 2.67. The summed E-state index contributed by atoms with van der Waals surface area (Å²) in [7, 11) is 1.60. The fraction of sp³-hybridized carbons (Fsp3) is 0.538. The van der Waals surface area contributed by atoms with E-state index in [4.69, 9.17) is 0 Å². The topological polar surface area (TPSA) is 12.0 Å². The van der Waals surface area contributed by atoms with Gasteiger partial charge in [-0.1, -0.05) is 6.07 Å². The van der Waals surface area contributed by atoms with Crippen LogP contribution in [0.3, 0.4) is 0 Å². The van der Waals surface area contributed by atoms with Crippen molar-refractivity contribution in [3.63, 3.8) is 0 Å². The average Bonchev–Trinajstić information content (AvgIpc) is 2.63. The molecule has 2 unspecified atom stereocenters. The lowest BCUT2D eigenvalue weighted by Crippen LogP contribution is -2.26. The second-order valence-electron chi connectivity index (χ2n) is 4.79. The van der Waals surface area contributed by atoms with Gasteiger partial charge in [0.1, 0.15) is 11.6 Å². The van der Waals surface area contributed by atoms with E-state index in [2.05, 4.69) is 5.32 Å². The van der Waals surface area contributed by atoms with Gasteiger partial charge in [-0.05, 0) is 25.5 Å². The van der Waals surface area contributed by atoms with Crippen LogP contribution < -0.4 is 5.32 Å². The van der Waals surface area contributed by atoms with E-state index in [1.807, 2.05) is 0 Å². The summed E-state index contributed by atoms with van der Waals surface area (Å²) >= 11 is 0. The SMILES string of the molecule is CNC(c1ccc(F)cc1F)C1CCC(F)(F)C1. The minimum Gasteiger partial charge on any atom is -0.313 e. The van der Waals surface area contributed by atoms with E-state index in [0.29, 0.717) is 6.42 Å². The Hall–Kier alpha value is -1.10. The van der Waals surface area contributed by atoms with Gasteiger partial charge in [-0.2, -0.15) is 0 Å². The lowest BCUT2D eigenvalue weighted by atomic mass is 9.91. The van der Waals surface area contributed by atoms with Crippen LogP contribution in [-0.2, 0) is 0 Å². The summed E-state index contributed by atoms with van der Waals surface area (Å²) in [6.07, 6.45) is -0.0801. The molecular formula is C13H15F4N. The summed E-state index contributed by atoms with van der Waals surface area (Å²) in [4.78, 5) is 0. The Balaban J connectivity index is 2.23. The number of halogens is 4. The van der Waals surface area contributed by atoms with Gasteiger partial charge >= 0.3 is 0 Å². The van der Waals surface area contributed by atoms with Crippen LogP contribution >= 0.6 is 0 Å². The molecule has 0 amide bonds. The van der Waals surface area contributed by atoms with Crippen molar-refractivity contribution in [3.8, 4) is 0 Å². The first kappa shape index (κ1) is 13.3. The standard InChI is InChI=1S/C13H15F4N/c1-18-12(8-4-5-13(16,17)7-8)10-3-2-9(14)6-11(10)15/h2-3,6,8,12,18H,4-5,7H2,1H3. The molecule has 1 N–H and O–H groups in total. The number of alkyl halides is 2. The Kier molecular flexibility index (Phi) is 3.61. The first-order valence-corrected chi connectivity index (χ1v) is 5.93. The molecular weight excluding hydrogens is 246 g/mol. The average molecular weight is 261 g/mol. The van der Waals surface area contributed by atoms with Crippen molar-refractivity contribution >= 4 is 0 Å². The number of rotatable bonds is 3. The van der Waals surface area contributed by atoms with Crippen LogP contribution in [0.2, 0.25) is 0 Å². The van der Waals surface area contributed by atoms with Crippen molar-refractivity contribution in [2.75, 3.05) is 7.05 Å². The number of nitrogens with one attached hydrogen (secondary N) is 1. The molecule has 2 atom stereocenters. The maximum absolute atomic E-state index is 13.7. The van der Waals surface area contributed by atoms with Gasteiger partial charge in [0.2, 0.25) is 5.92 Å². The molecule has 1 nitrogen and oxygen atoms in total. The molecule has 1 aliphatic rings. The second kappa shape index (κ2) is 4.88. The Morgan fingerprint density at radius 2 is 2.06 bits per heavy atom. The van der Waals surface area contributed by atoms with E-state index in [-0.39, 0.29) is 24.3 Å². The predicted octanol–water partition coefficient (Wildman–Crippen LogP) is 3.66. The third-order valence-electron chi connectivity index (χ3n) is 3.52. The molecule has 18 heavy (non-hydrogen) atoms. The zero-order valence-electron chi connectivity index (χ0n) is 10.0. The smallest absolute Gasteiger partial charge is 0.248 e. The Labute approximate surface area is 103 Å². The molecule has 0 aliphatic heterocycles. The van der Waals surface area contributed by atoms with Gasteiger partial charge in [0.05, 0.1) is 0 Å². The minimum atomic E-state index is -2.67. The first-order chi connectivity index (χ1) is 8.43. The summed E-state index contributed by atoms with van der Waals surface area (Å²) in [5, 5.41) is 2.86. The Morgan fingerprint density at radius 1 is 1.33 bits per heavy atom. The maximum atomic E-state index is 13.7. The molecule has 0 spiro atoms. The molecule has 1 fully saturated rings. The van der Waals surface area contributed by atoms with E-state index in [9.17, 15) is 17.6 Å². The summed E-state index contributed by atoms with van der Waals surface area (Å²) in [5.41, 5.74) is 0.251. The van der Waals surface area contributed by atoms with Crippen LogP contribution in [0.1, 0.15) is 30.9 Å². The van der Waals surface area contributed by atoms with Crippen molar-refractivity contribution in [2.45, 2.75) is 31.2 Å². The van der Waals surface area contributed by atoms with Crippen LogP contribution in [0.4, 0.5) is 17.6 Å². The van der Waals surface area contributed by atoms with Crippen molar-refractivity contribution in [3.05, 3.63) is 35.4 Å². The number of benzene rings is 1. The molecule has 2 rings (SSSR count). The third kappa shape index (κ3) is 2.66. The molecule has 0 saturated heterocycles. The van der Waals surface area contributed by atoms with Crippen LogP contribution in [-0.4, -0.2) is 13.0 Å². The van der Waals surface area contributed by atoms with Gasteiger partial charge in [0.25, 0.3) is 0 Å². The van der Waals surface area contributed by atoms with Crippen LogP contribution in [0.15, 0.2) is 18.2 Å². The Morgan fingerprint density at radius 3 is 2.56 bits per heavy atom. The Bertz CT molecular complexity index is 433. The molecule has 0 radical (unpaired) electrons. The van der Waals surface area contributed by atoms with Crippen molar-refractivity contribution in [1.29, 1.82) is 0 Å². The third-order valence-corrected chi connectivity index (χ3v) is 3.52. The second-order valence-corrected chi connectivity index (χ2v) is 4.79. The van der Waals surface area contributed by atoms with Crippen LogP contribution in [0, 0.1) is 17.6 Å². The van der Waals surface area contributed by atoms with Crippen LogP contribution in [0.5, 0.6) is 0 Å². The highest BCUT2D eigenvalue weighted by Crippen LogP contribution is 2.44. The lowest BCUT2D eigenvalue weighted by Gasteiger charge is -2.24. The maximum Gasteiger partial charge on any atom is 0.248 e. The minimum absolute atomic E-state index is 0.168. The zero-order chi connectivity index (χ0) is 13.3. The molecule has 100 valence electrons. The van der Waals surface area contributed by atoms with Gasteiger partial charge in [-0.15, -0.1) is 0 Å². The monoisotopic (exact) mass is 261 g/mol. The molecule has 1 aliphatic carbocycles. The highest BCUT2D eigenvalue weighted by atomic mass is 19.3. The number of hydrogen-bond acceptors (Lipinski definition) is 1. The quantitative estimate of drug-likeness (QED) is 0.819. The fourth-order valence-electron chi connectivity index (χ4n) is 2.67. The summed E-state index contributed by atoms with van der Waals surface area (Å²) in [6.45, 7) is 0. The molecule has 1 aromatic rings. The lowest BCUT2D eigenvalue weighted by molar-refractivity contribution is 0.00333. The summed E-state index contributed by atoms with van der Waals surface area (Å²) in [6, 6.07) is 2.75. The molecule has 5 heteroatoms. The van der Waals surface area contributed by atoms with Crippen LogP contribution in [0.25, 0.3) is 0 Å². The largest absolute Gasteiger partial charge is 0.313 e. The predicted molar refractivity (Wildman–Crippen MR) is 60.4 cm³/mol. The first-order valence-electron chi connectivity index (χ1n) is 5.93.